The fourth-order valence-corrected chi connectivity index (χ4v) is 1.96. The number of aryl methyl sites for hydroxylation is 1. The Morgan fingerprint density at radius 1 is 1.43 bits per heavy atom. The molecule has 0 aromatic heterocycles. The van der Waals surface area contributed by atoms with Crippen LogP contribution in [0.2, 0.25) is 0 Å². The van der Waals surface area contributed by atoms with E-state index in [1.54, 1.807) is 0 Å². The maximum absolute atomic E-state index is 5.62. The third-order valence-electron chi connectivity index (χ3n) is 1.87. The van der Waals surface area contributed by atoms with Gasteiger partial charge in [-0.2, -0.15) is 0 Å². The van der Waals surface area contributed by atoms with E-state index in [4.69, 9.17) is 4.74 Å². The quantitative estimate of drug-likeness (QED) is 0.667. The predicted octanol–water partition coefficient (Wildman–Crippen LogP) is 2.59. The largest absolute Gasteiger partial charge is 0.491 e. The molecular weight excluding hydrogens is 289 g/mol. The summed E-state index contributed by atoms with van der Waals surface area (Å²) in [5, 5.41) is 3.22. The SMILES string of the molecule is CCNCCOc1ccc(C)cc1I. The summed E-state index contributed by atoms with van der Waals surface area (Å²) in [4.78, 5) is 0. The summed E-state index contributed by atoms with van der Waals surface area (Å²) in [6, 6.07) is 6.23. The number of rotatable bonds is 5. The molecule has 0 radical (unpaired) electrons. The van der Waals surface area contributed by atoms with Crippen LogP contribution in [0.25, 0.3) is 0 Å². The van der Waals surface area contributed by atoms with Crippen molar-refractivity contribution in [1.29, 1.82) is 0 Å². The molecule has 0 saturated carbocycles. The molecule has 0 unspecified atom stereocenters. The Labute approximate surface area is 99.2 Å². The van der Waals surface area contributed by atoms with Gasteiger partial charge in [-0.25, -0.2) is 0 Å². The first-order valence-corrected chi connectivity index (χ1v) is 5.91. The summed E-state index contributed by atoms with van der Waals surface area (Å²) in [6.45, 7) is 6.81. The monoisotopic (exact) mass is 305 g/mol. The van der Waals surface area contributed by atoms with Gasteiger partial charge in [-0.3, -0.25) is 0 Å². The normalized spacial score (nSPS) is 10.2. The number of ether oxygens (including phenoxy) is 1. The van der Waals surface area contributed by atoms with E-state index in [-0.39, 0.29) is 0 Å². The van der Waals surface area contributed by atoms with Gasteiger partial charge in [0.25, 0.3) is 0 Å². The Morgan fingerprint density at radius 2 is 2.21 bits per heavy atom. The number of benzene rings is 1. The highest BCUT2D eigenvalue weighted by atomic mass is 127. The average Bonchev–Trinajstić information content (AvgIpc) is 2.15. The molecule has 0 bridgehead atoms. The van der Waals surface area contributed by atoms with E-state index in [1.807, 2.05) is 6.07 Å². The summed E-state index contributed by atoms with van der Waals surface area (Å²) in [5.41, 5.74) is 1.27. The predicted molar refractivity (Wildman–Crippen MR) is 67.9 cm³/mol. The van der Waals surface area contributed by atoms with Crippen LogP contribution in [0.5, 0.6) is 5.75 Å². The minimum atomic E-state index is 0.729. The lowest BCUT2D eigenvalue weighted by molar-refractivity contribution is 0.313. The van der Waals surface area contributed by atoms with Crippen LogP contribution < -0.4 is 10.1 Å². The van der Waals surface area contributed by atoms with E-state index in [0.717, 1.165) is 25.4 Å². The van der Waals surface area contributed by atoms with Gasteiger partial charge in [-0.1, -0.05) is 13.0 Å². The lowest BCUT2D eigenvalue weighted by Gasteiger charge is -2.08. The fraction of sp³-hybridized carbons (Fsp3) is 0.455. The zero-order valence-corrected chi connectivity index (χ0v) is 10.8. The molecule has 0 aliphatic rings. The molecule has 1 N–H and O–H groups in total. The van der Waals surface area contributed by atoms with E-state index in [9.17, 15) is 0 Å². The third-order valence-corrected chi connectivity index (χ3v) is 2.72. The summed E-state index contributed by atoms with van der Waals surface area (Å²) >= 11 is 2.30. The number of hydrogen-bond donors (Lipinski definition) is 1. The highest BCUT2D eigenvalue weighted by molar-refractivity contribution is 14.1. The van der Waals surface area contributed by atoms with E-state index >= 15 is 0 Å². The second-order valence-corrected chi connectivity index (χ2v) is 4.30. The van der Waals surface area contributed by atoms with Gasteiger partial charge in [0, 0.05) is 6.54 Å². The van der Waals surface area contributed by atoms with Gasteiger partial charge in [-0.15, -0.1) is 0 Å². The Hall–Kier alpha value is -0.290. The van der Waals surface area contributed by atoms with Gasteiger partial charge < -0.3 is 10.1 Å². The van der Waals surface area contributed by atoms with E-state index < -0.39 is 0 Å². The van der Waals surface area contributed by atoms with Crippen molar-refractivity contribution < 1.29 is 4.74 Å². The van der Waals surface area contributed by atoms with Crippen molar-refractivity contribution in [2.24, 2.45) is 0 Å². The van der Waals surface area contributed by atoms with Crippen LogP contribution in [-0.2, 0) is 0 Å². The van der Waals surface area contributed by atoms with Crippen molar-refractivity contribution in [2.45, 2.75) is 13.8 Å². The lowest BCUT2D eigenvalue weighted by Crippen LogP contribution is -2.20. The Morgan fingerprint density at radius 3 is 2.86 bits per heavy atom. The lowest BCUT2D eigenvalue weighted by atomic mass is 10.2. The van der Waals surface area contributed by atoms with Crippen LogP contribution in [0.1, 0.15) is 12.5 Å². The molecule has 1 rings (SSSR count). The van der Waals surface area contributed by atoms with E-state index in [1.165, 1.54) is 9.13 Å². The minimum absolute atomic E-state index is 0.729. The zero-order chi connectivity index (χ0) is 10.4. The fourth-order valence-electron chi connectivity index (χ4n) is 1.13. The Kier molecular flexibility index (Phi) is 5.25. The van der Waals surface area contributed by atoms with Crippen molar-refractivity contribution in [3.8, 4) is 5.75 Å². The topological polar surface area (TPSA) is 21.3 Å². The third kappa shape index (κ3) is 3.84. The van der Waals surface area contributed by atoms with Crippen molar-refractivity contribution >= 4 is 22.6 Å². The molecular formula is C11H16INO. The van der Waals surface area contributed by atoms with E-state index in [2.05, 4.69) is 53.9 Å². The summed E-state index contributed by atoms with van der Waals surface area (Å²) < 4.78 is 6.80. The standard InChI is InChI=1S/C11H16INO/c1-3-13-6-7-14-11-5-4-9(2)8-10(11)12/h4-5,8,13H,3,6-7H2,1-2H3. The summed E-state index contributed by atoms with van der Waals surface area (Å²) in [6.07, 6.45) is 0. The average molecular weight is 305 g/mol. The van der Waals surface area contributed by atoms with Gasteiger partial charge in [-0.05, 0) is 53.8 Å². The van der Waals surface area contributed by atoms with Gasteiger partial charge in [0.2, 0.25) is 0 Å². The maximum Gasteiger partial charge on any atom is 0.132 e. The molecule has 0 fully saturated rings. The molecule has 0 aliphatic heterocycles. The first-order chi connectivity index (χ1) is 6.74. The number of likely N-dealkylation sites (N-methyl/N-ethyl adjacent to an activating group) is 1. The molecule has 0 saturated heterocycles. The molecule has 14 heavy (non-hydrogen) atoms. The molecule has 0 heterocycles. The second-order valence-electron chi connectivity index (χ2n) is 3.14. The molecule has 0 atom stereocenters. The zero-order valence-electron chi connectivity index (χ0n) is 8.64. The van der Waals surface area contributed by atoms with Crippen LogP contribution in [0.4, 0.5) is 0 Å². The van der Waals surface area contributed by atoms with Crippen molar-refractivity contribution in [3.63, 3.8) is 0 Å². The summed E-state index contributed by atoms with van der Waals surface area (Å²) in [5.74, 6) is 0.981. The van der Waals surface area contributed by atoms with Crippen molar-refractivity contribution in [3.05, 3.63) is 27.3 Å². The molecule has 1 aromatic rings. The van der Waals surface area contributed by atoms with Gasteiger partial charge in [0.05, 0.1) is 3.57 Å². The molecule has 2 nitrogen and oxygen atoms in total. The first-order valence-electron chi connectivity index (χ1n) is 4.83. The summed E-state index contributed by atoms with van der Waals surface area (Å²) in [7, 11) is 0. The Bertz CT molecular complexity index is 289. The van der Waals surface area contributed by atoms with Crippen LogP contribution in [0, 0.1) is 10.5 Å². The van der Waals surface area contributed by atoms with Crippen molar-refractivity contribution in [1.82, 2.24) is 5.32 Å². The van der Waals surface area contributed by atoms with Crippen LogP contribution in [0.3, 0.4) is 0 Å². The van der Waals surface area contributed by atoms with E-state index in [0.29, 0.717) is 0 Å². The maximum atomic E-state index is 5.62. The molecule has 1 aromatic carbocycles. The first kappa shape index (κ1) is 11.8. The number of nitrogens with one attached hydrogen (secondary N) is 1. The van der Waals surface area contributed by atoms with Crippen molar-refractivity contribution in [2.75, 3.05) is 19.7 Å². The number of hydrogen-bond acceptors (Lipinski definition) is 2. The van der Waals surface area contributed by atoms with Gasteiger partial charge >= 0.3 is 0 Å². The minimum Gasteiger partial charge on any atom is -0.491 e. The van der Waals surface area contributed by atoms with Crippen LogP contribution in [-0.4, -0.2) is 19.7 Å². The molecule has 0 aliphatic carbocycles. The van der Waals surface area contributed by atoms with Gasteiger partial charge in [0.1, 0.15) is 12.4 Å². The Balaban J connectivity index is 2.42. The molecule has 78 valence electrons. The van der Waals surface area contributed by atoms with Crippen LogP contribution >= 0.6 is 22.6 Å². The van der Waals surface area contributed by atoms with Crippen LogP contribution in [0.15, 0.2) is 18.2 Å². The highest BCUT2D eigenvalue weighted by Gasteiger charge is 1.99. The molecule has 3 heteroatoms. The van der Waals surface area contributed by atoms with Gasteiger partial charge in [0.15, 0.2) is 0 Å². The second kappa shape index (κ2) is 6.24. The number of halogens is 1. The molecule has 0 amide bonds. The smallest absolute Gasteiger partial charge is 0.132 e. The molecule has 0 spiro atoms. The highest BCUT2D eigenvalue weighted by Crippen LogP contribution is 2.21.